The molecule has 166 valence electrons. The summed E-state index contributed by atoms with van der Waals surface area (Å²) in [5.74, 6) is 0.184. The first-order valence-corrected chi connectivity index (χ1v) is 10.7. The van der Waals surface area contributed by atoms with Gasteiger partial charge in [0.1, 0.15) is 11.5 Å². The molecule has 0 saturated carbocycles. The van der Waals surface area contributed by atoms with Gasteiger partial charge >= 0.3 is 5.97 Å². The highest BCUT2D eigenvalue weighted by atomic mass is 35.5. The lowest BCUT2D eigenvalue weighted by molar-refractivity contribution is -0.141. The number of carbonyl (C=O) groups excluding carboxylic acids is 2. The summed E-state index contributed by atoms with van der Waals surface area (Å²) in [4.78, 5) is 24.9. The number of esters is 1. The highest BCUT2D eigenvalue weighted by Crippen LogP contribution is 2.31. The van der Waals surface area contributed by atoms with E-state index < -0.39 is 12.1 Å². The number of amides is 1. The molecule has 5 nitrogen and oxygen atoms in total. The highest BCUT2D eigenvalue weighted by Gasteiger charge is 2.23. The Morgan fingerprint density at radius 1 is 0.906 bits per heavy atom. The number of ether oxygens (including phenoxy) is 2. The molecule has 0 aromatic heterocycles. The normalized spacial score (nSPS) is 12.0. The lowest BCUT2D eigenvalue weighted by atomic mass is 9.86. The molecular weight excluding hydrogens is 426 g/mol. The minimum absolute atomic E-state index is 0.122. The average Bonchev–Trinajstić information content (AvgIpc) is 2.75. The lowest BCUT2D eigenvalue weighted by Gasteiger charge is -2.24. The summed E-state index contributed by atoms with van der Waals surface area (Å²) in [6, 6.07) is 20.8. The van der Waals surface area contributed by atoms with Gasteiger partial charge in [-0.3, -0.25) is 4.79 Å². The Hall–Kier alpha value is -3.31. The largest absolute Gasteiger partial charge is 0.479 e. The number of hydrogen-bond donors (Lipinski definition) is 1. The Morgan fingerprint density at radius 2 is 1.53 bits per heavy atom. The van der Waals surface area contributed by atoms with E-state index in [1.54, 1.807) is 55.5 Å². The molecule has 3 rings (SSSR count). The summed E-state index contributed by atoms with van der Waals surface area (Å²) in [6.45, 7) is 7.91. The van der Waals surface area contributed by atoms with Crippen LogP contribution in [-0.4, -0.2) is 18.0 Å². The summed E-state index contributed by atoms with van der Waals surface area (Å²) in [7, 11) is 0. The molecule has 1 N–H and O–H groups in total. The minimum atomic E-state index is -0.800. The van der Waals surface area contributed by atoms with E-state index in [2.05, 4.69) is 26.1 Å². The monoisotopic (exact) mass is 451 g/mol. The molecule has 0 aliphatic rings. The van der Waals surface area contributed by atoms with Crippen molar-refractivity contribution in [2.45, 2.75) is 39.2 Å². The molecule has 0 spiro atoms. The first kappa shape index (κ1) is 23.4. The van der Waals surface area contributed by atoms with Crippen LogP contribution in [0.5, 0.6) is 11.5 Å². The quantitative estimate of drug-likeness (QED) is 0.354. The molecule has 3 aromatic carbocycles. The number of hydrogen-bond acceptors (Lipinski definition) is 4. The van der Waals surface area contributed by atoms with Crippen LogP contribution in [0.25, 0.3) is 0 Å². The van der Waals surface area contributed by atoms with Crippen molar-refractivity contribution in [2.75, 3.05) is 5.32 Å². The van der Waals surface area contributed by atoms with Crippen LogP contribution >= 0.6 is 11.6 Å². The molecule has 0 heterocycles. The first-order chi connectivity index (χ1) is 15.1. The van der Waals surface area contributed by atoms with Gasteiger partial charge in [-0.2, -0.15) is 0 Å². The molecule has 0 bridgehead atoms. The molecule has 0 radical (unpaired) electrons. The van der Waals surface area contributed by atoms with Gasteiger partial charge in [-0.1, -0.05) is 50.6 Å². The van der Waals surface area contributed by atoms with Crippen LogP contribution in [0.15, 0.2) is 72.8 Å². The van der Waals surface area contributed by atoms with Crippen molar-refractivity contribution in [1.82, 2.24) is 0 Å². The second kappa shape index (κ2) is 9.88. The predicted molar refractivity (Wildman–Crippen MR) is 127 cm³/mol. The SMILES string of the molecule is CC(Oc1ccccc1C(C)(C)C)C(=O)Oc1ccc(C(=O)Nc2ccc(Cl)cc2)cc1. The number of halogens is 1. The maximum Gasteiger partial charge on any atom is 0.352 e. The summed E-state index contributed by atoms with van der Waals surface area (Å²) < 4.78 is 11.3. The van der Waals surface area contributed by atoms with Crippen LogP contribution in [0, 0.1) is 0 Å². The van der Waals surface area contributed by atoms with Crippen molar-refractivity contribution in [3.05, 3.63) is 88.9 Å². The van der Waals surface area contributed by atoms with Crippen molar-refractivity contribution in [1.29, 1.82) is 0 Å². The number of rotatable bonds is 6. The van der Waals surface area contributed by atoms with Crippen LogP contribution in [0.3, 0.4) is 0 Å². The third-order valence-corrected chi connectivity index (χ3v) is 5.02. The van der Waals surface area contributed by atoms with Crippen LogP contribution in [0.2, 0.25) is 5.02 Å². The summed E-state index contributed by atoms with van der Waals surface area (Å²) in [5.41, 5.74) is 1.96. The summed E-state index contributed by atoms with van der Waals surface area (Å²) >= 11 is 5.86. The molecule has 6 heteroatoms. The van der Waals surface area contributed by atoms with Gasteiger partial charge in [-0.05, 0) is 72.5 Å². The maximum absolute atomic E-state index is 12.5. The van der Waals surface area contributed by atoms with Crippen LogP contribution in [0.1, 0.15) is 43.6 Å². The number of benzene rings is 3. The Kier molecular flexibility index (Phi) is 7.21. The zero-order chi connectivity index (χ0) is 23.3. The Balaban J connectivity index is 1.61. The molecule has 1 atom stereocenters. The maximum atomic E-state index is 12.5. The zero-order valence-corrected chi connectivity index (χ0v) is 19.3. The fraction of sp³-hybridized carbons (Fsp3) is 0.231. The Labute approximate surface area is 193 Å². The van der Waals surface area contributed by atoms with E-state index in [1.165, 1.54) is 0 Å². The molecule has 0 fully saturated rings. The number of anilines is 1. The predicted octanol–water partition coefficient (Wildman–Crippen LogP) is 6.26. The van der Waals surface area contributed by atoms with Crippen LogP contribution < -0.4 is 14.8 Å². The number of para-hydroxylation sites is 1. The van der Waals surface area contributed by atoms with Gasteiger partial charge in [0.2, 0.25) is 0 Å². The zero-order valence-electron chi connectivity index (χ0n) is 18.5. The van der Waals surface area contributed by atoms with Gasteiger partial charge in [-0.25, -0.2) is 4.79 Å². The molecule has 1 unspecified atom stereocenters. The summed E-state index contributed by atoms with van der Waals surface area (Å²) in [6.07, 6.45) is -0.800. The van der Waals surface area contributed by atoms with Gasteiger partial charge in [-0.15, -0.1) is 0 Å². The topological polar surface area (TPSA) is 64.6 Å². The lowest BCUT2D eigenvalue weighted by Crippen LogP contribution is -2.29. The summed E-state index contributed by atoms with van der Waals surface area (Å²) in [5, 5.41) is 3.38. The second-order valence-corrected chi connectivity index (χ2v) is 8.85. The van der Waals surface area contributed by atoms with Crippen molar-refractivity contribution < 1.29 is 19.1 Å². The van der Waals surface area contributed by atoms with Crippen molar-refractivity contribution in [2.24, 2.45) is 0 Å². The number of carbonyl (C=O) groups is 2. The van der Waals surface area contributed by atoms with E-state index in [1.807, 2.05) is 24.3 Å². The highest BCUT2D eigenvalue weighted by molar-refractivity contribution is 6.30. The van der Waals surface area contributed by atoms with E-state index in [0.717, 1.165) is 5.56 Å². The number of nitrogens with one attached hydrogen (secondary N) is 1. The minimum Gasteiger partial charge on any atom is -0.479 e. The molecule has 0 aliphatic carbocycles. The van der Waals surface area contributed by atoms with Crippen LogP contribution in [0.4, 0.5) is 5.69 Å². The fourth-order valence-electron chi connectivity index (χ4n) is 3.04. The van der Waals surface area contributed by atoms with Crippen molar-refractivity contribution >= 4 is 29.2 Å². The van der Waals surface area contributed by atoms with Crippen molar-refractivity contribution in [3.63, 3.8) is 0 Å². The standard InChI is InChI=1S/C26H26ClNO4/c1-17(31-23-8-6-5-7-22(23)26(2,3)4)25(30)32-21-15-9-18(10-16-21)24(29)28-20-13-11-19(27)12-14-20/h5-17H,1-4H3,(H,28,29). The van der Waals surface area contributed by atoms with Gasteiger partial charge in [0.25, 0.3) is 5.91 Å². The van der Waals surface area contributed by atoms with Gasteiger partial charge in [0, 0.05) is 16.3 Å². The van der Waals surface area contributed by atoms with E-state index in [-0.39, 0.29) is 11.3 Å². The van der Waals surface area contributed by atoms with E-state index >= 15 is 0 Å². The Morgan fingerprint density at radius 3 is 2.16 bits per heavy atom. The molecule has 32 heavy (non-hydrogen) atoms. The molecule has 0 saturated heterocycles. The molecule has 1 amide bonds. The van der Waals surface area contributed by atoms with Crippen LogP contribution in [-0.2, 0) is 10.2 Å². The second-order valence-electron chi connectivity index (χ2n) is 8.41. The average molecular weight is 452 g/mol. The van der Waals surface area contributed by atoms with Crippen molar-refractivity contribution in [3.8, 4) is 11.5 Å². The Bertz CT molecular complexity index is 1090. The molecular formula is C26H26ClNO4. The third-order valence-electron chi connectivity index (χ3n) is 4.77. The third kappa shape index (κ3) is 6.11. The smallest absolute Gasteiger partial charge is 0.352 e. The fourth-order valence-corrected chi connectivity index (χ4v) is 3.16. The molecule has 0 aliphatic heterocycles. The van der Waals surface area contributed by atoms with Gasteiger partial charge < -0.3 is 14.8 Å². The van der Waals surface area contributed by atoms with Gasteiger partial charge in [0.15, 0.2) is 6.10 Å². The first-order valence-electron chi connectivity index (χ1n) is 10.3. The van der Waals surface area contributed by atoms with Gasteiger partial charge in [0.05, 0.1) is 0 Å². The molecule has 3 aromatic rings. The van der Waals surface area contributed by atoms with E-state index in [4.69, 9.17) is 21.1 Å². The van der Waals surface area contributed by atoms with E-state index in [0.29, 0.717) is 27.8 Å². The van der Waals surface area contributed by atoms with E-state index in [9.17, 15) is 9.59 Å².